The highest BCUT2D eigenvalue weighted by molar-refractivity contribution is 7.80. The molecule has 1 rings (SSSR count). The maximum absolute atomic E-state index is 4.21. The van der Waals surface area contributed by atoms with Crippen molar-refractivity contribution >= 4 is 24.0 Å². The molecule has 0 saturated heterocycles. The Morgan fingerprint density at radius 1 is 1.78 bits per heavy atom. The summed E-state index contributed by atoms with van der Waals surface area (Å²) >= 11 is 6.02. The first-order valence-corrected chi connectivity index (χ1v) is 4.50. The van der Waals surface area contributed by atoms with Crippen molar-refractivity contribution in [3.05, 3.63) is 22.4 Å². The summed E-state index contributed by atoms with van der Waals surface area (Å²) in [6, 6.07) is 4.24. The summed E-state index contributed by atoms with van der Waals surface area (Å²) in [7, 11) is 0. The molecule has 0 aromatic carbocycles. The minimum absolute atomic E-state index is 0.619. The third-order valence-corrected chi connectivity index (χ3v) is 2.95. The van der Waals surface area contributed by atoms with E-state index in [0.29, 0.717) is 5.92 Å². The van der Waals surface area contributed by atoms with Crippen molar-refractivity contribution in [2.24, 2.45) is 0 Å². The van der Waals surface area contributed by atoms with Gasteiger partial charge in [-0.3, -0.25) is 0 Å². The fourth-order valence-corrected chi connectivity index (χ4v) is 1.77. The van der Waals surface area contributed by atoms with Gasteiger partial charge in [-0.2, -0.15) is 12.6 Å². The maximum atomic E-state index is 4.21. The van der Waals surface area contributed by atoms with E-state index < -0.39 is 0 Å². The molecule has 0 nitrogen and oxygen atoms in total. The lowest BCUT2D eigenvalue weighted by Gasteiger charge is -2.01. The highest BCUT2D eigenvalue weighted by Gasteiger charge is 2.01. The Kier molecular flexibility index (Phi) is 2.61. The van der Waals surface area contributed by atoms with Crippen LogP contribution in [0.2, 0.25) is 0 Å². The molecule has 1 atom stereocenters. The van der Waals surface area contributed by atoms with Gasteiger partial charge >= 0.3 is 0 Å². The van der Waals surface area contributed by atoms with Crippen LogP contribution in [0.4, 0.5) is 0 Å². The van der Waals surface area contributed by atoms with Gasteiger partial charge in [0, 0.05) is 4.88 Å². The summed E-state index contributed by atoms with van der Waals surface area (Å²) in [6.07, 6.45) is 0. The van der Waals surface area contributed by atoms with Crippen LogP contribution in [0.3, 0.4) is 0 Å². The molecule has 0 N–H and O–H groups in total. The van der Waals surface area contributed by atoms with Crippen molar-refractivity contribution < 1.29 is 0 Å². The number of hydrogen-bond acceptors (Lipinski definition) is 2. The lowest BCUT2D eigenvalue weighted by Crippen LogP contribution is -1.88. The fourth-order valence-electron chi connectivity index (χ4n) is 0.662. The molecule has 1 aromatic rings. The zero-order chi connectivity index (χ0) is 6.69. The molecule has 0 aliphatic rings. The van der Waals surface area contributed by atoms with E-state index in [1.165, 1.54) is 4.88 Å². The Bertz CT molecular complexity index is 155. The molecule has 0 bridgehead atoms. The first kappa shape index (κ1) is 7.16. The predicted octanol–water partition coefficient (Wildman–Crippen LogP) is 2.78. The lowest BCUT2D eigenvalue weighted by molar-refractivity contribution is 0.908. The second-order valence-electron chi connectivity index (χ2n) is 2.10. The number of thiophene rings is 1. The van der Waals surface area contributed by atoms with E-state index >= 15 is 0 Å². The Morgan fingerprint density at radius 2 is 2.56 bits per heavy atom. The SMILES string of the molecule is CC(CS)c1cccs1. The fraction of sp³-hybridized carbons (Fsp3) is 0.429. The molecule has 0 radical (unpaired) electrons. The zero-order valence-electron chi connectivity index (χ0n) is 5.37. The van der Waals surface area contributed by atoms with Gasteiger partial charge in [-0.05, 0) is 23.1 Å². The predicted molar refractivity (Wildman–Crippen MR) is 46.6 cm³/mol. The quantitative estimate of drug-likeness (QED) is 0.629. The summed E-state index contributed by atoms with van der Waals surface area (Å²) < 4.78 is 0. The highest BCUT2D eigenvalue weighted by atomic mass is 32.1. The summed E-state index contributed by atoms with van der Waals surface area (Å²) in [5.74, 6) is 1.56. The van der Waals surface area contributed by atoms with Crippen molar-refractivity contribution in [3.8, 4) is 0 Å². The molecule has 0 aliphatic heterocycles. The Hall–Kier alpha value is 0.0500. The van der Waals surface area contributed by atoms with Gasteiger partial charge < -0.3 is 0 Å². The Balaban J connectivity index is 2.65. The van der Waals surface area contributed by atoms with Gasteiger partial charge in [0.1, 0.15) is 0 Å². The second-order valence-corrected chi connectivity index (χ2v) is 3.44. The molecule has 2 heteroatoms. The normalized spacial score (nSPS) is 13.6. The molecule has 1 unspecified atom stereocenters. The van der Waals surface area contributed by atoms with Crippen LogP contribution in [-0.4, -0.2) is 5.75 Å². The van der Waals surface area contributed by atoms with Crippen LogP contribution in [0.15, 0.2) is 17.5 Å². The first-order chi connectivity index (χ1) is 4.34. The second kappa shape index (κ2) is 3.28. The summed E-state index contributed by atoms with van der Waals surface area (Å²) in [6.45, 7) is 2.19. The Morgan fingerprint density at radius 3 is 3.00 bits per heavy atom. The minimum Gasteiger partial charge on any atom is -0.179 e. The van der Waals surface area contributed by atoms with Crippen LogP contribution >= 0.6 is 24.0 Å². The van der Waals surface area contributed by atoms with E-state index in [2.05, 4.69) is 37.1 Å². The monoisotopic (exact) mass is 158 g/mol. The van der Waals surface area contributed by atoms with E-state index in [0.717, 1.165) is 5.75 Å². The van der Waals surface area contributed by atoms with Gasteiger partial charge in [-0.1, -0.05) is 13.0 Å². The van der Waals surface area contributed by atoms with Crippen LogP contribution in [-0.2, 0) is 0 Å². The molecule has 0 aliphatic carbocycles. The number of rotatable bonds is 2. The molecule has 1 aromatic heterocycles. The molecule has 0 saturated carbocycles. The van der Waals surface area contributed by atoms with Crippen molar-refractivity contribution in [1.82, 2.24) is 0 Å². The zero-order valence-corrected chi connectivity index (χ0v) is 7.08. The van der Waals surface area contributed by atoms with E-state index in [-0.39, 0.29) is 0 Å². The average Bonchev–Trinajstić information content (AvgIpc) is 2.37. The molecule has 9 heavy (non-hydrogen) atoms. The third kappa shape index (κ3) is 1.73. The molecule has 0 spiro atoms. The summed E-state index contributed by atoms with van der Waals surface area (Å²) in [4.78, 5) is 1.44. The van der Waals surface area contributed by atoms with Crippen LogP contribution in [0.1, 0.15) is 17.7 Å². The topological polar surface area (TPSA) is 0 Å². The van der Waals surface area contributed by atoms with Crippen molar-refractivity contribution in [1.29, 1.82) is 0 Å². The number of thiol groups is 1. The third-order valence-electron chi connectivity index (χ3n) is 1.30. The van der Waals surface area contributed by atoms with Crippen molar-refractivity contribution in [2.75, 3.05) is 5.75 Å². The molecule has 0 fully saturated rings. The van der Waals surface area contributed by atoms with Gasteiger partial charge in [-0.15, -0.1) is 11.3 Å². The van der Waals surface area contributed by atoms with Crippen molar-refractivity contribution in [3.63, 3.8) is 0 Å². The van der Waals surface area contributed by atoms with E-state index in [4.69, 9.17) is 0 Å². The van der Waals surface area contributed by atoms with Crippen LogP contribution < -0.4 is 0 Å². The summed E-state index contributed by atoms with van der Waals surface area (Å²) in [5, 5.41) is 2.11. The van der Waals surface area contributed by atoms with Gasteiger partial charge in [0.25, 0.3) is 0 Å². The highest BCUT2D eigenvalue weighted by Crippen LogP contribution is 2.20. The summed E-state index contributed by atoms with van der Waals surface area (Å²) in [5.41, 5.74) is 0. The lowest BCUT2D eigenvalue weighted by atomic mass is 10.2. The van der Waals surface area contributed by atoms with Gasteiger partial charge in [-0.25, -0.2) is 0 Å². The molecule has 0 amide bonds. The standard InChI is InChI=1S/C7H10S2/c1-6(5-8)7-3-2-4-9-7/h2-4,6,8H,5H2,1H3. The van der Waals surface area contributed by atoms with E-state index in [9.17, 15) is 0 Å². The molecular formula is C7H10S2. The Labute approximate surface area is 65.3 Å². The van der Waals surface area contributed by atoms with E-state index in [1.807, 2.05) is 0 Å². The van der Waals surface area contributed by atoms with Crippen molar-refractivity contribution in [2.45, 2.75) is 12.8 Å². The van der Waals surface area contributed by atoms with Gasteiger partial charge in [0.05, 0.1) is 0 Å². The maximum Gasteiger partial charge on any atom is 0.00815 e. The van der Waals surface area contributed by atoms with Crippen LogP contribution in [0.25, 0.3) is 0 Å². The molecule has 1 heterocycles. The minimum atomic E-state index is 0.619. The first-order valence-electron chi connectivity index (χ1n) is 2.99. The smallest absolute Gasteiger partial charge is 0.00815 e. The molecular weight excluding hydrogens is 148 g/mol. The van der Waals surface area contributed by atoms with Gasteiger partial charge in [0.15, 0.2) is 0 Å². The van der Waals surface area contributed by atoms with E-state index in [1.54, 1.807) is 11.3 Å². The molecule has 50 valence electrons. The van der Waals surface area contributed by atoms with Gasteiger partial charge in [0.2, 0.25) is 0 Å². The number of hydrogen-bond donors (Lipinski definition) is 1. The largest absolute Gasteiger partial charge is 0.179 e. The van der Waals surface area contributed by atoms with Crippen LogP contribution in [0.5, 0.6) is 0 Å². The van der Waals surface area contributed by atoms with Crippen LogP contribution in [0, 0.1) is 0 Å². The average molecular weight is 158 g/mol.